The molecule has 1 nitrogen and oxygen atoms in total. The Kier molecular flexibility index (Phi) is 3.54. The first-order valence-electron chi connectivity index (χ1n) is 24.0. The van der Waals surface area contributed by atoms with Gasteiger partial charge in [0, 0.05) is 10.8 Å². The van der Waals surface area contributed by atoms with E-state index < -0.39 is 130 Å². The number of hydrogen-bond acceptors (Lipinski definition) is 1. The van der Waals surface area contributed by atoms with Crippen molar-refractivity contribution in [3.8, 4) is 44.5 Å². The van der Waals surface area contributed by atoms with Crippen LogP contribution in [0.1, 0.15) is 23.3 Å². The first-order chi connectivity index (χ1) is 31.4. The molecule has 0 unspecified atom stereocenters. The van der Waals surface area contributed by atoms with Crippen molar-refractivity contribution in [1.82, 2.24) is 0 Å². The van der Waals surface area contributed by atoms with Crippen molar-refractivity contribution in [2.24, 2.45) is 0 Å². The minimum absolute atomic E-state index is 0.00759. The third-order valence-electron chi connectivity index (χ3n) is 8.63. The molecule has 49 heavy (non-hydrogen) atoms. The number of benzene rings is 9. The van der Waals surface area contributed by atoms with Gasteiger partial charge in [0.05, 0.1) is 23.3 Å². The van der Waals surface area contributed by atoms with Gasteiger partial charge in [0.1, 0.15) is 11.2 Å². The predicted octanol–water partition coefficient (Wildman–Crippen LogP) is 13.7. The predicted molar refractivity (Wildman–Crippen MR) is 208 cm³/mol. The average molecular weight is 640 g/mol. The van der Waals surface area contributed by atoms with Crippen LogP contribution in [0.2, 0.25) is 0 Å². The fourth-order valence-corrected chi connectivity index (χ4v) is 6.45. The standard InChI is InChI=1S/C48H30O/c1-3-11-31(12-4-1)36-24-26-45-44(29-36)39-25-23-37(30-46(39)49-45)34-19-20-35-28-38(22-21-33(35)27-34)48-42-17-9-7-15-40(42)47(32-13-5-2-6-14-32)41-16-8-10-18-43(41)48/h1-30H/i1D,3D,4D,11D,12D,19D,20D,21D,22D,23D,24D,25D,26D,27D,28D,29D,30D. The van der Waals surface area contributed by atoms with Crippen LogP contribution in [0.25, 0.3) is 98.8 Å². The van der Waals surface area contributed by atoms with Crippen LogP contribution in [-0.2, 0) is 0 Å². The molecular weight excluding hydrogens is 593 g/mol. The Morgan fingerprint density at radius 1 is 0.327 bits per heavy atom. The number of fused-ring (bicyclic) bond motifs is 6. The summed E-state index contributed by atoms with van der Waals surface area (Å²) in [6.45, 7) is 0. The zero-order chi connectivity index (χ0) is 47.1. The largest absolute Gasteiger partial charge is 0.456 e. The fraction of sp³-hybridized carbons (Fsp3) is 0. The first-order valence-corrected chi connectivity index (χ1v) is 15.5. The molecule has 0 saturated heterocycles. The Bertz CT molecular complexity index is 3760. The molecule has 0 saturated carbocycles. The molecule has 1 heteroatoms. The highest BCUT2D eigenvalue weighted by Gasteiger charge is 2.17. The maximum Gasteiger partial charge on any atom is 0.136 e. The smallest absolute Gasteiger partial charge is 0.136 e. The van der Waals surface area contributed by atoms with Gasteiger partial charge in [-0.2, -0.15) is 0 Å². The lowest BCUT2D eigenvalue weighted by molar-refractivity contribution is 0.669. The van der Waals surface area contributed by atoms with Crippen molar-refractivity contribution >= 4 is 54.3 Å². The van der Waals surface area contributed by atoms with E-state index in [1.807, 2.05) is 78.9 Å². The molecule has 10 rings (SSSR count). The van der Waals surface area contributed by atoms with Gasteiger partial charge in [-0.1, -0.05) is 145 Å². The molecule has 0 aliphatic rings. The molecule has 10 aromatic rings. The second-order valence-corrected chi connectivity index (χ2v) is 11.5. The second kappa shape index (κ2) is 11.1. The molecule has 0 atom stereocenters. The molecule has 1 aromatic heterocycles. The highest BCUT2D eigenvalue weighted by Crippen LogP contribution is 2.44. The number of rotatable bonds is 4. The Morgan fingerprint density at radius 2 is 0.857 bits per heavy atom. The average Bonchev–Trinajstić information content (AvgIpc) is 3.73. The molecule has 0 fully saturated rings. The Balaban J connectivity index is 1.26. The van der Waals surface area contributed by atoms with E-state index in [0.717, 1.165) is 21.9 Å². The molecule has 0 aliphatic carbocycles. The Morgan fingerprint density at radius 3 is 1.55 bits per heavy atom. The minimum atomic E-state index is -0.766. The molecule has 0 N–H and O–H groups in total. The van der Waals surface area contributed by atoms with E-state index in [0.29, 0.717) is 16.3 Å². The van der Waals surface area contributed by atoms with Gasteiger partial charge in [0.15, 0.2) is 0 Å². The van der Waals surface area contributed by atoms with E-state index in [1.54, 1.807) is 0 Å². The van der Waals surface area contributed by atoms with E-state index in [1.165, 1.54) is 0 Å². The van der Waals surface area contributed by atoms with Gasteiger partial charge in [-0.15, -0.1) is 0 Å². The molecule has 0 amide bonds. The Labute approximate surface area is 308 Å². The molecule has 228 valence electrons. The summed E-state index contributed by atoms with van der Waals surface area (Å²) >= 11 is 0. The molecule has 1 heterocycles. The van der Waals surface area contributed by atoms with Crippen LogP contribution in [0, 0.1) is 0 Å². The summed E-state index contributed by atoms with van der Waals surface area (Å²) in [4.78, 5) is 0. The number of furan rings is 1. The third kappa shape index (κ3) is 4.55. The van der Waals surface area contributed by atoms with Crippen LogP contribution < -0.4 is 0 Å². The zero-order valence-electron chi connectivity index (χ0n) is 42.4. The lowest BCUT2D eigenvalue weighted by atomic mass is 9.85. The normalized spacial score (nSPS) is 16.5. The van der Waals surface area contributed by atoms with Crippen molar-refractivity contribution in [2.45, 2.75) is 0 Å². The van der Waals surface area contributed by atoms with Crippen molar-refractivity contribution in [3.63, 3.8) is 0 Å². The highest BCUT2D eigenvalue weighted by atomic mass is 16.3. The van der Waals surface area contributed by atoms with Gasteiger partial charge in [-0.3, -0.25) is 0 Å². The van der Waals surface area contributed by atoms with Crippen LogP contribution in [0.4, 0.5) is 0 Å². The monoisotopic (exact) mass is 639 g/mol. The molecule has 0 aliphatic heterocycles. The van der Waals surface area contributed by atoms with Crippen LogP contribution >= 0.6 is 0 Å². The summed E-state index contributed by atoms with van der Waals surface area (Å²) in [6, 6.07) is 13.4. The van der Waals surface area contributed by atoms with E-state index in [2.05, 4.69) is 0 Å². The first kappa shape index (κ1) is 15.6. The van der Waals surface area contributed by atoms with E-state index in [9.17, 15) is 13.7 Å². The lowest BCUT2D eigenvalue weighted by Gasteiger charge is -2.18. The van der Waals surface area contributed by atoms with E-state index >= 15 is 0 Å². The summed E-state index contributed by atoms with van der Waals surface area (Å²) in [5.74, 6) is 0. The Hall–Kier alpha value is -6.44. The van der Waals surface area contributed by atoms with Crippen molar-refractivity contribution in [2.75, 3.05) is 0 Å². The zero-order valence-corrected chi connectivity index (χ0v) is 25.4. The van der Waals surface area contributed by atoms with Gasteiger partial charge in [0.2, 0.25) is 0 Å². The lowest BCUT2D eigenvalue weighted by Crippen LogP contribution is -1.90. The minimum Gasteiger partial charge on any atom is -0.456 e. The number of hydrogen-bond donors (Lipinski definition) is 0. The summed E-state index contributed by atoms with van der Waals surface area (Å²) in [5, 5.41) is 1.61. The highest BCUT2D eigenvalue weighted by molar-refractivity contribution is 6.21. The van der Waals surface area contributed by atoms with Crippen molar-refractivity contribution in [3.05, 3.63) is 182 Å². The molecule has 9 aromatic carbocycles. The SMILES string of the molecule is [2H]c1c([2H])c([2H])c(-c2c([2H])c([2H])c3oc4c([2H])c(-c5c([2H])c([2H])c6c([2H])c(-c7c8ccccc8c(-c8ccccc8)c8ccccc78)c([2H])c([2H])c6c5[2H])c([2H])c([2H])c4c3c2[2H])c([2H])c1[2H]. The van der Waals surface area contributed by atoms with Gasteiger partial charge < -0.3 is 4.42 Å². The van der Waals surface area contributed by atoms with Gasteiger partial charge in [-0.25, -0.2) is 0 Å². The van der Waals surface area contributed by atoms with E-state index in [-0.39, 0.29) is 33.2 Å². The topological polar surface area (TPSA) is 13.1 Å². The van der Waals surface area contributed by atoms with Crippen molar-refractivity contribution in [1.29, 1.82) is 0 Å². The maximum absolute atomic E-state index is 9.66. The molecule has 0 bridgehead atoms. The maximum atomic E-state index is 9.66. The molecular formula is C48H30O. The summed E-state index contributed by atoms with van der Waals surface area (Å²) in [5.41, 5.74) is -0.784. The summed E-state index contributed by atoms with van der Waals surface area (Å²) in [7, 11) is 0. The van der Waals surface area contributed by atoms with Crippen LogP contribution in [0.3, 0.4) is 0 Å². The van der Waals surface area contributed by atoms with Crippen LogP contribution in [-0.4, -0.2) is 0 Å². The van der Waals surface area contributed by atoms with Crippen LogP contribution in [0.5, 0.6) is 0 Å². The van der Waals surface area contributed by atoms with Gasteiger partial charge in [-0.05, 0) is 113 Å². The van der Waals surface area contributed by atoms with Crippen LogP contribution in [0.15, 0.2) is 186 Å². The molecule has 0 radical (unpaired) electrons. The summed E-state index contributed by atoms with van der Waals surface area (Å²) in [6.07, 6.45) is 0. The quantitative estimate of drug-likeness (QED) is 0.175. The van der Waals surface area contributed by atoms with Crippen molar-refractivity contribution < 1.29 is 27.7 Å². The van der Waals surface area contributed by atoms with E-state index in [4.69, 9.17) is 14.0 Å². The molecule has 0 spiro atoms. The van der Waals surface area contributed by atoms with Gasteiger partial charge >= 0.3 is 0 Å². The van der Waals surface area contributed by atoms with Gasteiger partial charge in [0.25, 0.3) is 0 Å². The second-order valence-electron chi connectivity index (χ2n) is 11.5. The fourth-order valence-electron chi connectivity index (χ4n) is 6.45. The summed E-state index contributed by atoms with van der Waals surface area (Å²) < 4.78 is 159. The third-order valence-corrected chi connectivity index (χ3v) is 8.63.